The second-order valence-electron chi connectivity index (χ2n) is 4.12. The summed E-state index contributed by atoms with van der Waals surface area (Å²) in [6.45, 7) is 0.110. The zero-order valence-electron chi connectivity index (χ0n) is 9.50. The molecule has 1 aliphatic rings. The molecular weight excluding hydrogens is 242 g/mol. The van der Waals surface area contributed by atoms with Crippen LogP contribution in [-0.4, -0.2) is 17.9 Å². The molecule has 0 bridgehead atoms. The fourth-order valence-electron chi connectivity index (χ4n) is 1.79. The van der Waals surface area contributed by atoms with Crippen LogP contribution in [0.15, 0.2) is 18.2 Å². The van der Waals surface area contributed by atoms with E-state index < -0.39 is 23.6 Å². The van der Waals surface area contributed by atoms with Crippen LogP contribution >= 0.6 is 0 Å². The van der Waals surface area contributed by atoms with E-state index in [0.717, 1.165) is 12.1 Å². The summed E-state index contributed by atoms with van der Waals surface area (Å²) in [5.74, 6) is -2.01. The Hall–Kier alpha value is -1.82. The predicted molar refractivity (Wildman–Crippen MR) is 59.4 cm³/mol. The van der Waals surface area contributed by atoms with Gasteiger partial charge in [0.25, 0.3) is 0 Å². The highest BCUT2D eigenvalue weighted by molar-refractivity contribution is 6.00. The highest BCUT2D eigenvalue weighted by Crippen LogP contribution is 2.11. The van der Waals surface area contributed by atoms with Gasteiger partial charge in [-0.15, -0.1) is 0 Å². The largest absolute Gasteiger partial charge is 0.302 e. The van der Waals surface area contributed by atoms with Crippen LogP contribution in [0.2, 0.25) is 0 Å². The summed E-state index contributed by atoms with van der Waals surface area (Å²) in [5.41, 5.74) is 0.279. The minimum Gasteiger partial charge on any atom is -0.302 e. The van der Waals surface area contributed by atoms with Crippen LogP contribution < -0.4 is 10.6 Å². The summed E-state index contributed by atoms with van der Waals surface area (Å²) >= 11 is 0. The maximum Gasteiger partial charge on any atom is 0.243 e. The lowest BCUT2D eigenvalue weighted by Crippen LogP contribution is -2.50. The number of hydrogen-bond donors (Lipinski definition) is 2. The lowest BCUT2D eigenvalue weighted by molar-refractivity contribution is -0.134. The smallest absolute Gasteiger partial charge is 0.243 e. The summed E-state index contributed by atoms with van der Waals surface area (Å²) in [4.78, 5) is 22.3. The molecule has 0 spiro atoms. The van der Waals surface area contributed by atoms with Gasteiger partial charge in [0.15, 0.2) is 0 Å². The van der Waals surface area contributed by atoms with E-state index >= 15 is 0 Å². The van der Waals surface area contributed by atoms with Gasteiger partial charge in [-0.1, -0.05) is 6.07 Å². The number of benzene rings is 1. The molecule has 1 aromatic carbocycles. The lowest BCUT2D eigenvalue weighted by atomic mass is 10.1. The molecule has 2 amide bonds. The van der Waals surface area contributed by atoms with Crippen molar-refractivity contribution in [2.45, 2.75) is 25.4 Å². The van der Waals surface area contributed by atoms with Crippen molar-refractivity contribution in [2.75, 3.05) is 0 Å². The standard InChI is InChI=1S/C12H12F2N2O2/c13-8-2-1-7(9(14)5-8)6-15-10-3-4-11(17)16-12(10)18/h1-2,5,10,15H,3-4,6H2,(H,16,17,18). The Kier molecular flexibility index (Phi) is 3.66. The van der Waals surface area contributed by atoms with Crippen LogP contribution in [0.4, 0.5) is 8.78 Å². The molecule has 1 fully saturated rings. The Labute approximate surface area is 102 Å². The van der Waals surface area contributed by atoms with Crippen molar-refractivity contribution in [3.63, 3.8) is 0 Å². The van der Waals surface area contributed by atoms with Crippen molar-refractivity contribution in [1.29, 1.82) is 0 Å². The Morgan fingerprint density at radius 3 is 2.78 bits per heavy atom. The molecule has 0 saturated carbocycles. The summed E-state index contributed by atoms with van der Waals surface area (Å²) in [7, 11) is 0. The minimum absolute atomic E-state index is 0.110. The van der Waals surface area contributed by atoms with Gasteiger partial charge in [-0.05, 0) is 12.5 Å². The van der Waals surface area contributed by atoms with Gasteiger partial charge in [-0.3, -0.25) is 14.9 Å². The monoisotopic (exact) mass is 254 g/mol. The van der Waals surface area contributed by atoms with Crippen LogP contribution in [0.25, 0.3) is 0 Å². The first-order valence-corrected chi connectivity index (χ1v) is 5.57. The normalized spacial score (nSPS) is 19.8. The number of carbonyl (C=O) groups is 2. The van der Waals surface area contributed by atoms with Crippen molar-refractivity contribution in [2.24, 2.45) is 0 Å². The van der Waals surface area contributed by atoms with Gasteiger partial charge >= 0.3 is 0 Å². The van der Waals surface area contributed by atoms with Crippen LogP contribution in [0.3, 0.4) is 0 Å². The molecule has 96 valence electrons. The molecule has 1 aromatic rings. The SMILES string of the molecule is O=C1CCC(NCc2ccc(F)cc2F)C(=O)N1. The van der Waals surface area contributed by atoms with Gasteiger partial charge in [-0.2, -0.15) is 0 Å². The Bertz CT molecular complexity index is 491. The van der Waals surface area contributed by atoms with Gasteiger partial charge in [-0.25, -0.2) is 8.78 Å². The molecule has 1 atom stereocenters. The number of amides is 2. The Morgan fingerprint density at radius 1 is 1.33 bits per heavy atom. The molecule has 2 N–H and O–H groups in total. The van der Waals surface area contributed by atoms with Gasteiger partial charge in [0.05, 0.1) is 6.04 Å². The number of carbonyl (C=O) groups excluding carboxylic acids is 2. The Morgan fingerprint density at radius 2 is 2.11 bits per heavy atom. The summed E-state index contributed by atoms with van der Waals surface area (Å²) in [5, 5.41) is 5.04. The quantitative estimate of drug-likeness (QED) is 0.786. The number of piperidine rings is 1. The molecule has 0 radical (unpaired) electrons. The summed E-state index contributed by atoms with van der Waals surface area (Å²) in [6, 6.07) is 2.75. The van der Waals surface area contributed by atoms with E-state index in [2.05, 4.69) is 10.6 Å². The van der Waals surface area contributed by atoms with E-state index in [1.165, 1.54) is 6.07 Å². The predicted octanol–water partition coefficient (Wildman–Crippen LogP) is 0.860. The molecule has 1 aliphatic heterocycles. The molecule has 1 unspecified atom stereocenters. The van der Waals surface area contributed by atoms with Crippen molar-refractivity contribution >= 4 is 11.8 Å². The highest BCUT2D eigenvalue weighted by Gasteiger charge is 2.25. The lowest BCUT2D eigenvalue weighted by Gasteiger charge is -2.21. The maximum absolute atomic E-state index is 13.3. The average Bonchev–Trinajstić information content (AvgIpc) is 2.30. The van der Waals surface area contributed by atoms with Gasteiger partial charge in [0, 0.05) is 24.6 Å². The number of rotatable bonds is 3. The topological polar surface area (TPSA) is 58.2 Å². The average molecular weight is 254 g/mol. The molecule has 0 aromatic heterocycles. The molecule has 4 nitrogen and oxygen atoms in total. The number of hydrogen-bond acceptors (Lipinski definition) is 3. The van der Waals surface area contributed by atoms with Gasteiger partial charge in [0.1, 0.15) is 11.6 Å². The van der Waals surface area contributed by atoms with Crippen molar-refractivity contribution in [3.8, 4) is 0 Å². The molecule has 2 rings (SSSR count). The number of imide groups is 1. The van der Waals surface area contributed by atoms with Crippen molar-refractivity contribution < 1.29 is 18.4 Å². The fraction of sp³-hybridized carbons (Fsp3) is 0.333. The maximum atomic E-state index is 13.3. The van der Waals surface area contributed by atoms with Gasteiger partial charge < -0.3 is 5.32 Å². The van der Waals surface area contributed by atoms with E-state index in [1.54, 1.807) is 0 Å². The van der Waals surface area contributed by atoms with Crippen LogP contribution in [0.5, 0.6) is 0 Å². The molecule has 1 heterocycles. The summed E-state index contributed by atoms with van der Waals surface area (Å²) in [6.07, 6.45) is 0.642. The van der Waals surface area contributed by atoms with Crippen LogP contribution in [-0.2, 0) is 16.1 Å². The highest BCUT2D eigenvalue weighted by atomic mass is 19.1. The van der Waals surface area contributed by atoms with Crippen LogP contribution in [0.1, 0.15) is 18.4 Å². The third kappa shape index (κ3) is 2.89. The van der Waals surface area contributed by atoms with E-state index in [-0.39, 0.29) is 24.4 Å². The molecular formula is C12H12F2N2O2. The number of halogens is 2. The van der Waals surface area contributed by atoms with E-state index in [4.69, 9.17) is 0 Å². The molecule has 1 saturated heterocycles. The summed E-state index contributed by atoms with van der Waals surface area (Å²) < 4.78 is 26.0. The first-order chi connectivity index (χ1) is 8.56. The molecule has 0 aliphatic carbocycles. The number of nitrogens with one attached hydrogen (secondary N) is 2. The zero-order valence-corrected chi connectivity index (χ0v) is 9.50. The van der Waals surface area contributed by atoms with Crippen LogP contribution in [0, 0.1) is 11.6 Å². The second kappa shape index (κ2) is 5.22. The van der Waals surface area contributed by atoms with Crippen molar-refractivity contribution in [1.82, 2.24) is 10.6 Å². The third-order valence-electron chi connectivity index (χ3n) is 2.79. The fourth-order valence-corrected chi connectivity index (χ4v) is 1.79. The second-order valence-corrected chi connectivity index (χ2v) is 4.12. The van der Waals surface area contributed by atoms with E-state index in [9.17, 15) is 18.4 Å². The molecule has 6 heteroatoms. The zero-order chi connectivity index (χ0) is 13.1. The molecule has 18 heavy (non-hydrogen) atoms. The van der Waals surface area contributed by atoms with E-state index in [1.807, 2.05) is 0 Å². The third-order valence-corrected chi connectivity index (χ3v) is 2.79. The first kappa shape index (κ1) is 12.6. The van der Waals surface area contributed by atoms with E-state index in [0.29, 0.717) is 6.42 Å². The Balaban J connectivity index is 1.95. The minimum atomic E-state index is -0.658. The first-order valence-electron chi connectivity index (χ1n) is 5.57. The van der Waals surface area contributed by atoms with Crippen molar-refractivity contribution in [3.05, 3.63) is 35.4 Å². The van der Waals surface area contributed by atoms with Gasteiger partial charge in [0.2, 0.25) is 11.8 Å².